The van der Waals surface area contributed by atoms with Gasteiger partial charge in [-0.05, 0) is 24.1 Å². The summed E-state index contributed by atoms with van der Waals surface area (Å²) in [5.41, 5.74) is 2.73. The minimum atomic E-state index is -0.00692. The highest BCUT2D eigenvalue weighted by Gasteiger charge is 2.28. The van der Waals surface area contributed by atoms with E-state index in [1.807, 2.05) is 44.6 Å². The first-order valence-corrected chi connectivity index (χ1v) is 7.59. The summed E-state index contributed by atoms with van der Waals surface area (Å²) in [4.78, 5) is 16.0. The maximum atomic E-state index is 12.6. The van der Waals surface area contributed by atoms with Crippen LogP contribution >= 0.6 is 0 Å². The number of carbonyl (C=O) groups is 1. The summed E-state index contributed by atoms with van der Waals surface area (Å²) in [6.45, 7) is 1.34. The van der Waals surface area contributed by atoms with Crippen LogP contribution in [-0.2, 0) is 7.05 Å². The number of aryl methyl sites for hydroxylation is 1. The van der Waals surface area contributed by atoms with E-state index in [0.29, 0.717) is 12.1 Å². The largest absolute Gasteiger partial charge is 0.337 e. The first-order chi connectivity index (χ1) is 11.1. The van der Waals surface area contributed by atoms with Crippen molar-refractivity contribution in [2.75, 3.05) is 20.1 Å². The van der Waals surface area contributed by atoms with Gasteiger partial charge >= 0.3 is 0 Å². The Bertz CT molecular complexity index is 743. The highest BCUT2D eigenvalue weighted by molar-refractivity contribution is 5.94. The van der Waals surface area contributed by atoms with E-state index >= 15 is 0 Å². The number of hydrogen-bond donors (Lipinski definition) is 0. The molecule has 3 rings (SSSR count). The van der Waals surface area contributed by atoms with Gasteiger partial charge < -0.3 is 9.80 Å². The van der Waals surface area contributed by atoms with Gasteiger partial charge in [-0.1, -0.05) is 12.1 Å². The first kappa shape index (κ1) is 15.1. The van der Waals surface area contributed by atoms with Gasteiger partial charge in [-0.3, -0.25) is 9.48 Å². The van der Waals surface area contributed by atoms with Gasteiger partial charge in [0.1, 0.15) is 0 Å². The minimum Gasteiger partial charge on any atom is -0.337 e. The molecule has 23 heavy (non-hydrogen) atoms. The van der Waals surface area contributed by atoms with Crippen molar-refractivity contribution in [3.63, 3.8) is 0 Å². The highest BCUT2D eigenvalue weighted by atomic mass is 16.2. The third-order valence-electron chi connectivity index (χ3n) is 4.34. The van der Waals surface area contributed by atoms with E-state index in [0.717, 1.165) is 24.1 Å². The Kier molecular flexibility index (Phi) is 4.02. The Morgan fingerprint density at radius 2 is 2.09 bits per heavy atom. The number of hydrogen-bond acceptors (Lipinski definition) is 4. The van der Waals surface area contributed by atoms with Gasteiger partial charge in [-0.15, -0.1) is 0 Å². The lowest BCUT2D eigenvalue weighted by molar-refractivity contribution is 0.0739. The van der Waals surface area contributed by atoms with Gasteiger partial charge in [0.15, 0.2) is 6.19 Å². The fraction of sp³-hybridized carbons (Fsp3) is 0.353. The summed E-state index contributed by atoms with van der Waals surface area (Å²) in [5, 5.41) is 13.1. The molecule has 0 radical (unpaired) electrons. The highest BCUT2D eigenvalue weighted by Crippen LogP contribution is 2.21. The molecule has 1 atom stereocenters. The van der Waals surface area contributed by atoms with Gasteiger partial charge in [0.25, 0.3) is 5.91 Å². The van der Waals surface area contributed by atoms with Crippen molar-refractivity contribution in [3.05, 3.63) is 42.2 Å². The summed E-state index contributed by atoms with van der Waals surface area (Å²) in [5.74, 6) is -0.00692. The van der Waals surface area contributed by atoms with Gasteiger partial charge in [-0.2, -0.15) is 10.4 Å². The smallest absolute Gasteiger partial charge is 0.253 e. The SMILES string of the molecule is CN(C(=O)c1ccc(-c2cnn(C)c2)cc1)[C@@H]1CCN(C#N)C1. The van der Waals surface area contributed by atoms with E-state index in [2.05, 4.69) is 11.3 Å². The third-order valence-corrected chi connectivity index (χ3v) is 4.34. The average molecular weight is 309 g/mol. The molecule has 1 fully saturated rings. The van der Waals surface area contributed by atoms with Gasteiger partial charge in [-0.25, -0.2) is 0 Å². The molecule has 1 aliphatic rings. The number of aromatic nitrogens is 2. The number of nitriles is 1. The fourth-order valence-corrected chi connectivity index (χ4v) is 2.89. The lowest BCUT2D eigenvalue weighted by Gasteiger charge is -2.24. The Labute approximate surface area is 135 Å². The zero-order valence-electron chi connectivity index (χ0n) is 13.3. The van der Waals surface area contributed by atoms with E-state index in [4.69, 9.17) is 5.26 Å². The molecule has 0 unspecified atom stereocenters. The number of likely N-dealkylation sites (tertiary alicyclic amines) is 1. The molecule has 0 spiro atoms. The predicted octanol–water partition coefficient (Wildman–Crippen LogP) is 1.71. The summed E-state index contributed by atoms with van der Waals surface area (Å²) < 4.78 is 1.75. The number of amides is 1. The summed E-state index contributed by atoms with van der Waals surface area (Å²) in [7, 11) is 3.69. The average Bonchev–Trinajstić information content (AvgIpc) is 3.22. The van der Waals surface area contributed by atoms with Crippen LogP contribution in [0.25, 0.3) is 11.1 Å². The standard InChI is InChI=1S/C17H19N5O/c1-20-10-15(9-19-20)13-3-5-14(6-4-13)17(23)21(2)16-7-8-22(11-16)12-18/h3-6,9-10,16H,7-8,11H2,1-2H3/t16-/m1/s1. The number of rotatable bonds is 3. The van der Waals surface area contributed by atoms with Crippen molar-refractivity contribution >= 4 is 5.91 Å². The van der Waals surface area contributed by atoms with Crippen molar-refractivity contribution < 1.29 is 4.79 Å². The molecule has 6 nitrogen and oxygen atoms in total. The maximum Gasteiger partial charge on any atom is 0.253 e. The Hall–Kier alpha value is -2.81. The van der Waals surface area contributed by atoms with Crippen LogP contribution < -0.4 is 0 Å². The molecule has 0 bridgehead atoms. The number of carbonyl (C=O) groups excluding carboxylic acids is 1. The molecule has 1 amide bonds. The van der Waals surface area contributed by atoms with Gasteiger partial charge in [0.05, 0.1) is 12.2 Å². The zero-order chi connectivity index (χ0) is 16.4. The van der Waals surface area contributed by atoms with Crippen molar-refractivity contribution in [1.29, 1.82) is 5.26 Å². The van der Waals surface area contributed by atoms with Crippen LogP contribution in [-0.4, -0.2) is 51.7 Å². The third kappa shape index (κ3) is 3.04. The van der Waals surface area contributed by atoms with E-state index in [9.17, 15) is 4.79 Å². The van der Waals surface area contributed by atoms with Gasteiger partial charge in [0, 0.05) is 44.5 Å². The van der Waals surface area contributed by atoms with Crippen LogP contribution in [0, 0.1) is 11.5 Å². The van der Waals surface area contributed by atoms with Crippen molar-refractivity contribution in [2.24, 2.45) is 7.05 Å². The Balaban J connectivity index is 1.72. The Morgan fingerprint density at radius 3 is 2.65 bits per heavy atom. The van der Waals surface area contributed by atoms with Crippen LogP contribution in [0.1, 0.15) is 16.8 Å². The van der Waals surface area contributed by atoms with E-state index < -0.39 is 0 Å². The molecule has 1 saturated heterocycles. The van der Waals surface area contributed by atoms with Crippen LogP contribution in [0.3, 0.4) is 0 Å². The second-order valence-electron chi connectivity index (χ2n) is 5.88. The maximum absolute atomic E-state index is 12.6. The topological polar surface area (TPSA) is 65.2 Å². The van der Waals surface area contributed by atoms with E-state index in [1.165, 1.54) is 0 Å². The second kappa shape index (κ2) is 6.13. The lowest BCUT2D eigenvalue weighted by Crippen LogP contribution is -2.38. The zero-order valence-corrected chi connectivity index (χ0v) is 13.3. The summed E-state index contributed by atoms with van der Waals surface area (Å²) in [6.07, 6.45) is 6.73. The minimum absolute atomic E-state index is 0.00692. The molecular formula is C17H19N5O. The monoisotopic (exact) mass is 309 g/mol. The first-order valence-electron chi connectivity index (χ1n) is 7.59. The van der Waals surface area contributed by atoms with E-state index in [1.54, 1.807) is 20.7 Å². The fourth-order valence-electron chi connectivity index (χ4n) is 2.89. The molecule has 118 valence electrons. The van der Waals surface area contributed by atoms with Gasteiger partial charge in [0.2, 0.25) is 0 Å². The second-order valence-corrected chi connectivity index (χ2v) is 5.88. The molecule has 0 saturated carbocycles. The molecule has 2 heterocycles. The van der Waals surface area contributed by atoms with Crippen LogP contribution in [0.15, 0.2) is 36.7 Å². The Morgan fingerprint density at radius 1 is 1.35 bits per heavy atom. The predicted molar refractivity (Wildman–Crippen MR) is 86.3 cm³/mol. The normalized spacial score (nSPS) is 17.1. The molecular weight excluding hydrogens is 290 g/mol. The molecule has 0 N–H and O–H groups in total. The summed E-state index contributed by atoms with van der Waals surface area (Å²) in [6, 6.07) is 7.67. The van der Waals surface area contributed by atoms with Crippen LogP contribution in [0.5, 0.6) is 0 Å². The molecule has 1 aliphatic heterocycles. The van der Waals surface area contributed by atoms with Crippen molar-refractivity contribution in [2.45, 2.75) is 12.5 Å². The molecule has 1 aromatic heterocycles. The molecule has 2 aromatic rings. The number of nitrogens with zero attached hydrogens (tertiary/aromatic N) is 5. The number of benzene rings is 1. The summed E-state index contributed by atoms with van der Waals surface area (Å²) >= 11 is 0. The van der Waals surface area contributed by atoms with Crippen LogP contribution in [0.2, 0.25) is 0 Å². The lowest BCUT2D eigenvalue weighted by atomic mass is 10.1. The van der Waals surface area contributed by atoms with E-state index in [-0.39, 0.29) is 11.9 Å². The number of likely N-dealkylation sites (N-methyl/N-ethyl adjacent to an activating group) is 1. The molecule has 0 aliphatic carbocycles. The molecule has 6 heteroatoms. The molecule has 1 aromatic carbocycles. The quantitative estimate of drug-likeness (QED) is 0.810. The van der Waals surface area contributed by atoms with Crippen LogP contribution in [0.4, 0.5) is 0 Å². The van der Waals surface area contributed by atoms with Crippen molar-refractivity contribution in [3.8, 4) is 17.3 Å². The van der Waals surface area contributed by atoms with Crippen molar-refractivity contribution in [1.82, 2.24) is 19.6 Å².